The van der Waals surface area contributed by atoms with E-state index in [9.17, 15) is 9.18 Å². The number of benzene rings is 2. The number of nitrogens with zero attached hydrogens (tertiary/aromatic N) is 3. The Morgan fingerprint density at radius 3 is 2.31 bits per heavy atom. The van der Waals surface area contributed by atoms with Gasteiger partial charge in [0, 0.05) is 37.4 Å². The molecule has 0 aliphatic carbocycles. The molecule has 1 aliphatic rings. The van der Waals surface area contributed by atoms with Crippen LogP contribution in [0.2, 0.25) is 0 Å². The third-order valence-corrected chi connectivity index (χ3v) is 6.28. The number of anilines is 1. The second kappa shape index (κ2) is 8.21. The molecule has 0 bridgehead atoms. The Bertz CT molecular complexity index is 994. The summed E-state index contributed by atoms with van der Waals surface area (Å²) in [6, 6.07) is 14.2. The van der Waals surface area contributed by atoms with E-state index in [1.807, 2.05) is 36.1 Å². The molecule has 7 heteroatoms. The first kappa shape index (κ1) is 19.4. The molecule has 1 amide bonds. The van der Waals surface area contributed by atoms with Crippen molar-refractivity contribution in [3.05, 3.63) is 64.9 Å². The molecule has 0 atom stereocenters. The van der Waals surface area contributed by atoms with Crippen molar-refractivity contribution in [2.75, 3.05) is 38.2 Å². The molecule has 1 aliphatic heterocycles. The zero-order valence-corrected chi connectivity index (χ0v) is 17.2. The van der Waals surface area contributed by atoms with Crippen LogP contribution in [0.4, 0.5) is 10.1 Å². The fourth-order valence-corrected chi connectivity index (χ4v) is 4.45. The second-order valence-corrected chi connectivity index (χ2v) is 7.92. The fourth-order valence-electron chi connectivity index (χ4n) is 3.42. The Labute approximate surface area is 173 Å². The molecule has 0 saturated carbocycles. The number of carbonyl (C=O) groups is 1. The monoisotopic (exact) mass is 411 g/mol. The van der Waals surface area contributed by atoms with E-state index in [-0.39, 0.29) is 11.7 Å². The first-order valence-corrected chi connectivity index (χ1v) is 10.3. The number of methoxy groups -OCH3 is 1. The highest BCUT2D eigenvalue weighted by Gasteiger charge is 2.25. The van der Waals surface area contributed by atoms with Gasteiger partial charge in [-0.05, 0) is 55.5 Å². The van der Waals surface area contributed by atoms with Crippen LogP contribution in [-0.4, -0.2) is 49.1 Å². The van der Waals surface area contributed by atoms with Gasteiger partial charge in [-0.25, -0.2) is 9.37 Å². The number of aromatic nitrogens is 1. The number of ether oxygens (including phenoxy) is 1. The lowest BCUT2D eigenvalue weighted by atomic mass is 10.2. The largest absolute Gasteiger partial charge is 0.497 e. The first-order chi connectivity index (χ1) is 14.0. The minimum atomic E-state index is -0.240. The molecule has 4 rings (SSSR count). The van der Waals surface area contributed by atoms with Gasteiger partial charge in [0.1, 0.15) is 21.5 Å². The SMILES string of the molecule is COc1ccc(-c2nc(C)c(C(=O)N3CCN(c4ccc(F)cc4)CC3)s2)cc1. The summed E-state index contributed by atoms with van der Waals surface area (Å²) < 4.78 is 18.3. The zero-order valence-electron chi connectivity index (χ0n) is 16.4. The summed E-state index contributed by atoms with van der Waals surface area (Å²) in [6.45, 7) is 4.59. The lowest BCUT2D eigenvalue weighted by molar-refractivity contribution is 0.0750. The molecule has 1 saturated heterocycles. The quantitative estimate of drug-likeness (QED) is 0.645. The molecule has 150 valence electrons. The van der Waals surface area contributed by atoms with Gasteiger partial charge in [-0.15, -0.1) is 11.3 Å². The smallest absolute Gasteiger partial charge is 0.265 e. The topological polar surface area (TPSA) is 45.7 Å². The fraction of sp³-hybridized carbons (Fsp3) is 0.273. The van der Waals surface area contributed by atoms with Crippen LogP contribution in [0.15, 0.2) is 48.5 Å². The van der Waals surface area contributed by atoms with E-state index in [2.05, 4.69) is 9.88 Å². The van der Waals surface area contributed by atoms with E-state index in [1.54, 1.807) is 19.2 Å². The zero-order chi connectivity index (χ0) is 20.4. The molecule has 29 heavy (non-hydrogen) atoms. The van der Waals surface area contributed by atoms with Crippen LogP contribution in [0.3, 0.4) is 0 Å². The van der Waals surface area contributed by atoms with E-state index in [0.717, 1.165) is 40.8 Å². The van der Waals surface area contributed by atoms with Crippen molar-refractivity contribution in [2.24, 2.45) is 0 Å². The maximum absolute atomic E-state index is 13.1. The molecule has 2 aromatic carbocycles. The average molecular weight is 412 g/mol. The Morgan fingerprint density at radius 2 is 1.69 bits per heavy atom. The van der Waals surface area contributed by atoms with E-state index in [0.29, 0.717) is 18.0 Å². The van der Waals surface area contributed by atoms with E-state index < -0.39 is 0 Å². The van der Waals surface area contributed by atoms with Crippen LogP contribution < -0.4 is 9.64 Å². The highest BCUT2D eigenvalue weighted by molar-refractivity contribution is 7.17. The molecule has 1 aromatic heterocycles. The maximum Gasteiger partial charge on any atom is 0.265 e. The van der Waals surface area contributed by atoms with Crippen LogP contribution >= 0.6 is 11.3 Å². The van der Waals surface area contributed by atoms with Crippen molar-refractivity contribution >= 4 is 22.9 Å². The summed E-state index contributed by atoms with van der Waals surface area (Å²) in [4.78, 5) is 22.4. The normalized spacial score (nSPS) is 14.2. The molecular formula is C22H22FN3O2S. The third kappa shape index (κ3) is 4.10. The highest BCUT2D eigenvalue weighted by Crippen LogP contribution is 2.30. The van der Waals surface area contributed by atoms with Gasteiger partial charge >= 0.3 is 0 Å². The number of hydrogen-bond acceptors (Lipinski definition) is 5. The Morgan fingerprint density at radius 1 is 1.03 bits per heavy atom. The standard InChI is InChI=1S/C22H22FN3O2S/c1-15-20(29-21(24-15)16-3-9-19(28-2)10-4-16)22(27)26-13-11-25(12-14-26)18-7-5-17(23)6-8-18/h3-10H,11-14H2,1-2H3. The molecule has 2 heterocycles. The van der Waals surface area contributed by atoms with Gasteiger partial charge < -0.3 is 14.5 Å². The van der Waals surface area contributed by atoms with Gasteiger partial charge in [0.15, 0.2) is 0 Å². The van der Waals surface area contributed by atoms with Crippen molar-refractivity contribution in [1.29, 1.82) is 0 Å². The number of aryl methyl sites for hydroxylation is 1. The van der Waals surface area contributed by atoms with Crippen molar-refractivity contribution in [1.82, 2.24) is 9.88 Å². The molecule has 3 aromatic rings. The minimum Gasteiger partial charge on any atom is -0.497 e. The number of amides is 1. The van der Waals surface area contributed by atoms with Gasteiger partial charge in [0.2, 0.25) is 0 Å². The van der Waals surface area contributed by atoms with Crippen molar-refractivity contribution in [3.8, 4) is 16.3 Å². The average Bonchev–Trinajstić information content (AvgIpc) is 3.15. The Balaban J connectivity index is 1.44. The maximum atomic E-state index is 13.1. The Kier molecular flexibility index (Phi) is 5.49. The number of rotatable bonds is 4. The van der Waals surface area contributed by atoms with Crippen LogP contribution in [0.1, 0.15) is 15.4 Å². The summed E-state index contributed by atoms with van der Waals surface area (Å²) in [5, 5.41) is 0.832. The lowest BCUT2D eigenvalue weighted by Crippen LogP contribution is -2.48. The molecule has 0 spiro atoms. The van der Waals surface area contributed by atoms with Crippen LogP contribution in [0, 0.1) is 12.7 Å². The van der Waals surface area contributed by atoms with Crippen molar-refractivity contribution < 1.29 is 13.9 Å². The van der Waals surface area contributed by atoms with Crippen LogP contribution in [0.5, 0.6) is 5.75 Å². The number of piperazine rings is 1. The summed E-state index contributed by atoms with van der Waals surface area (Å²) in [7, 11) is 1.63. The first-order valence-electron chi connectivity index (χ1n) is 9.47. The highest BCUT2D eigenvalue weighted by atomic mass is 32.1. The summed E-state index contributed by atoms with van der Waals surface area (Å²) in [5.41, 5.74) is 2.71. The number of thiazole rings is 1. The number of hydrogen-bond donors (Lipinski definition) is 0. The number of carbonyl (C=O) groups excluding carboxylic acids is 1. The molecule has 1 fully saturated rings. The van der Waals surface area contributed by atoms with Crippen molar-refractivity contribution in [2.45, 2.75) is 6.92 Å². The molecule has 5 nitrogen and oxygen atoms in total. The van der Waals surface area contributed by atoms with Gasteiger partial charge in [-0.1, -0.05) is 0 Å². The summed E-state index contributed by atoms with van der Waals surface area (Å²) in [6.07, 6.45) is 0. The minimum absolute atomic E-state index is 0.0264. The van der Waals surface area contributed by atoms with E-state index in [1.165, 1.54) is 23.5 Å². The summed E-state index contributed by atoms with van der Waals surface area (Å²) in [5.74, 6) is 0.576. The van der Waals surface area contributed by atoms with Gasteiger partial charge in [-0.3, -0.25) is 4.79 Å². The van der Waals surface area contributed by atoms with Crippen LogP contribution in [0.25, 0.3) is 10.6 Å². The van der Waals surface area contributed by atoms with Gasteiger partial charge in [-0.2, -0.15) is 0 Å². The second-order valence-electron chi connectivity index (χ2n) is 6.92. The molecular weight excluding hydrogens is 389 g/mol. The van der Waals surface area contributed by atoms with Crippen molar-refractivity contribution in [3.63, 3.8) is 0 Å². The van der Waals surface area contributed by atoms with Crippen LogP contribution in [-0.2, 0) is 0 Å². The Hall–Kier alpha value is -2.93. The van der Waals surface area contributed by atoms with Gasteiger partial charge in [0.05, 0.1) is 12.8 Å². The van der Waals surface area contributed by atoms with E-state index >= 15 is 0 Å². The molecule has 0 unspecified atom stereocenters. The lowest BCUT2D eigenvalue weighted by Gasteiger charge is -2.36. The summed E-state index contributed by atoms with van der Waals surface area (Å²) >= 11 is 1.43. The van der Waals surface area contributed by atoms with E-state index in [4.69, 9.17) is 4.74 Å². The van der Waals surface area contributed by atoms with Gasteiger partial charge in [0.25, 0.3) is 5.91 Å². The predicted octanol–water partition coefficient (Wildman–Crippen LogP) is 4.23. The molecule has 0 N–H and O–H groups in total. The predicted molar refractivity (Wildman–Crippen MR) is 113 cm³/mol. The molecule has 0 radical (unpaired) electrons. The third-order valence-electron chi connectivity index (χ3n) is 5.09. The number of halogens is 1.